The van der Waals surface area contributed by atoms with Gasteiger partial charge >= 0.3 is 0 Å². The molecule has 7 rings (SSSR count). The van der Waals surface area contributed by atoms with E-state index in [1.165, 1.54) is 5.56 Å². The lowest BCUT2D eigenvalue weighted by atomic mass is 10.0. The molecule has 0 N–H and O–H groups in total. The number of ether oxygens (including phenoxy) is 1. The molecule has 0 fully saturated rings. The predicted molar refractivity (Wildman–Crippen MR) is 166 cm³/mol. The molecule has 1 heterocycles. The topological polar surface area (TPSA) is 15.7 Å². The van der Waals surface area contributed by atoms with Crippen LogP contribution in [0.3, 0.4) is 0 Å². The van der Waals surface area contributed by atoms with Crippen LogP contribution in [0.5, 0.6) is 11.5 Å². The average molecular weight is 517 g/mol. The van der Waals surface area contributed by atoms with Gasteiger partial charge in [-0.3, -0.25) is 0 Å². The Kier molecular flexibility index (Phi) is 6.02. The van der Waals surface area contributed by atoms with Crippen molar-refractivity contribution in [2.45, 2.75) is 6.92 Å². The highest BCUT2D eigenvalue weighted by atomic mass is 16.5. The van der Waals surface area contributed by atoms with Gasteiger partial charge < -0.3 is 14.5 Å². The fraction of sp³-hybridized carbons (Fsp3) is 0.0270. The summed E-state index contributed by atoms with van der Waals surface area (Å²) in [4.78, 5) is 4.55. The van der Waals surface area contributed by atoms with Crippen molar-refractivity contribution in [2.75, 3.05) is 9.80 Å². The monoisotopic (exact) mass is 516 g/mol. The van der Waals surface area contributed by atoms with Gasteiger partial charge in [-0.1, -0.05) is 84.4 Å². The fourth-order valence-electron chi connectivity index (χ4n) is 5.31. The van der Waals surface area contributed by atoms with E-state index in [1.54, 1.807) is 0 Å². The Hall–Kier alpha value is -5.28. The number of anilines is 6. The van der Waals surface area contributed by atoms with Gasteiger partial charge in [0.15, 0.2) is 11.5 Å². The molecule has 0 spiro atoms. The van der Waals surface area contributed by atoms with Crippen molar-refractivity contribution in [3.63, 3.8) is 0 Å². The standard InChI is InChI=1S/C37H28N2O/c1-27-16-21-32(22-17-27)38(30-10-4-2-5-11-30)33-23-18-28(19-24-33)29-20-25-35-37(26-29)40-36-15-9-8-14-34(36)39(35)31-12-6-3-7-13-31/h2-26H,1H3. The molecule has 0 atom stereocenters. The summed E-state index contributed by atoms with van der Waals surface area (Å²) in [5.41, 5.74) is 10.0. The van der Waals surface area contributed by atoms with Crippen LogP contribution in [0.15, 0.2) is 152 Å². The molecule has 192 valence electrons. The van der Waals surface area contributed by atoms with Crippen LogP contribution in [0.1, 0.15) is 5.56 Å². The van der Waals surface area contributed by atoms with Gasteiger partial charge in [0.2, 0.25) is 0 Å². The molecule has 3 nitrogen and oxygen atoms in total. The SMILES string of the molecule is Cc1ccc(N(c2ccccc2)c2ccc(-c3ccc4c(c3)Oc3ccccc3N4c3ccccc3)cc2)cc1. The maximum Gasteiger partial charge on any atom is 0.152 e. The van der Waals surface area contributed by atoms with Gasteiger partial charge in [-0.25, -0.2) is 0 Å². The maximum atomic E-state index is 6.43. The highest BCUT2D eigenvalue weighted by Crippen LogP contribution is 2.51. The van der Waals surface area contributed by atoms with E-state index in [0.29, 0.717) is 0 Å². The molecule has 0 unspecified atom stereocenters. The zero-order chi connectivity index (χ0) is 26.9. The summed E-state index contributed by atoms with van der Waals surface area (Å²) in [7, 11) is 0. The van der Waals surface area contributed by atoms with Crippen LogP contribution in [0.4, 0.5) is 34.1 Å². The molecular formula is C37H28N2O. The number of benzene rings is 6. The minimum atomic E-state index is 0.842. The molecule has 1 aliphatic heterocycles. The van der Waals surface area contributed by atoms with Crippen LogP contribution >= 0.6 is 0 Å². The Morgan fingerprint density at radius 1 is 0.475 bits per heavy atom. The largest absolute Gasteiger partial charge is 0.453 e. The normalized spacial score (nSPS) is 11.8. The number of nitrogens with zero attached hydrogens (tertiary/aromatic N) is 2. The predicted octanol–water partition coefficient (Wildman–Crippen LogP) is 10.7. The Labute approximate surface area is 235 Å². The van der Waals surface area contributed by atoms with E-state index < -0.39 is 0 Å². The summed E-state index contributed by atoms with van der Waals surface area (Å²) in [5, 5.41) is 0. The van der Waals surface area contributed by atoms with Crippen molar-refractivity contribution in [1.29, 1.82) is 0 Å². The Balaban J connectivity index is 1.26. The zero-order valence-electron chi connectivity index (χ0n) is 22.2. The van der Waals surface area contributed by atoms with Gasteiger partial charge in [-0.2, -0.15) is 0 Å². The lowest BCUT2D eigenvalue weighted by Crippen LogP contribution is -2.15. The molecule has 3 heteroatoms. The highest BCUT2D eigenvalue weighted by molar-refractivity contribution is 5.88. The van der Waals surface area contributed by atoms with Gasteiger partial charge in [0.25, 0.3) is 0 Å². The summed E-state index contributed by atoms with van der Waals surface area (Å²) in [6, 6.07) is 53.0. The third kappa shape index (κ3) is 4.38. The van der Waals surface area contributed by atoms with Crippen molar-refractivity contribution in [3.8, 4) is 22.6 Å². The molecule has 6 aromatic rings. The van der Waals surface area contributed by atoms with E-state index in [2.05, 4.69) is 144 Å². The zero-order valence-corrected chi connectivity index (χ0v) is 22.2. The molecule has 40 heavy (non-hydrogen) atoms. The number of hydrogen-bond acceptors (Lipinski definition) is 3. The molecule has 0 radical (unpaired) electrons. The number of hydrogen-bond donors (Lipinski definition) is 0. The Bertz CT molecular complexity index is 1760. The molecule has 0 aliphatic carbocycles. The second-order valence-corrected chi connectivity index (χ2v) is 9.98. The number of fused-ring (bicyclic) bond motifs is 2. The second kappa shape index (κ2) is 10.1. The minimum absolute atomic E-state index is 0.842. The first kappa shape index (κ1) is 23.8. The minimum Gasteiger partial charge on any atom is -0.453 e. The van der Waals surface area contributed by atoms with E-state index >= 15 is 0 Å². The fourth-order valence-corrected chi connectivity index (χ4v) is 5.31. The molecule has 0 saturated heterocycles. The summed E-state index contributed by atoms with van der Waals surface area (Å²) < 4.78 is 6.43. The van der Waals surface area contributed by atoms with Crippen molar-refractivity contribution in [1.82, 2.24) is 0 Å². The number of aryl methyl sites for hydroxylation is 1. The first-order valence-electron chi connectivity index (χ1n) is 13.5. The molecule has 0 amide bonds. The summed E-state index contributed by atoms with van der Waals surface area (Å²) in [6.07, 6.45) is 0. The smallest absolute Gasteiger partial charge is 0.152 e. The Morgan fingerprint density at radius 3 is 1.75 bits per heavy atom. The second-order valence-electron chi connectivity index (χ2n) is 9.98. The lowest BCUT2D eigenvalue weighted by Gasteiger charge is -2.33. The van der Waals surface area contributed by atoms with Crippen LogP contribution in [0.2, 0.25) is 0 Å². The van der Waals surface area contributed by atoms with Crippen LogP contribution in [0.25, 0.3) is 11.1 Å². The van der Waals surface area contributed by atoms with E-state index in [-0.39, 0.29) is 0 Å². The highest BCUT2D eigenvalue weighted by Gasteiger charge is 2.26. The van der Waals surface area contributed by atoms with Crippen molar-refractivity contribution in [2.24, 2.45) is 0 Å². The average Bonchev–Trinajstić information content (AvgIpc) is 3.02. The molecule has 0 aromatic heterocycles. The van der Waals surface area contributed by atoms with Crippen LogP contribution < -0.4 is 14.5 Å². The molecule has 0 saturated carbocycles. The van der Waals surface area contributed by atoms with Crippen molar-refractivity contribution in [3.05, 3.63) is 157 Å². The van der Waals surface area contributed by atoms with E-state index in [9.17, 15) is 0 Å². The van der Waals surface area contributed by atoms with Crippen molar-refractivity contribution >= 4 is 34.1 Å². The van der Waals surface area contributed by atoms with Crippen LogP contribution in [0, 0.1) is 6.92 Å². The van der Waals surface area contributed by atoms with Gasteiger partial charge in [0.1, 0.15) is 0 Å². The van der Waals surface area contributed by atoms with Crippen molar-refractivity contribution < 1.29 is 4.74 Å². The third-order valence-corrected chi connectivity index (χ3v) is 7.31. The number of para-hydroxylation sites is 4. The van der Waals surface area contributed by atoms with Gasteiger partial charge in [-0.15, -0.1) is 0 Å². The molecule has 0 bridgehead atoms. The lowest BCUT2D eigenvalue weighted by molar-refractivity contribution is 0.477. The summed E-state index contributed by atoms with van der Waals surface area (Å²) in [5.74, 6) is 1.69. The van der Waals surface area contributed by atoms with Gasteiger partial charge in [0, 0.05) is 22.7 Å². The first-order valence-corrected chi connectivity index (χ1v) is 13.5. The van der Waals surface area contributed by atoms with E-state index in [1.807, 2.05) is 24.3 Å². The van der Waals surface area contributed by atoms with Crippen LogP contribution in [-0.4, -0.2) is 0 Å². The van der Waals surface area contributed by atoms with E-state index in [0.717, 1.165) is 56.8 Å². The third-order valence-electron chi connectivity index (χ3n) is 7.31. The first-order chi connectivity index (χ1) is 19.7. The number of rotatable bonds is 5. The quantitative estimate of drug-likeness (QED) is 0.226. The molecule has 1 aliphatic rings. The van der Waals surface area contributed by atoms with E-state index in [4.69, 9.17) is 4.74 Å². The van der Waals surface area contributed by atoms with Gasteiger partial charge in [-0.05, 0) is 90.8 Å². The summed E-state index contributed by atoms with van der Waals surface area (Å²) >= 11 is 0. The molecular weight excluding hydrogens is 488 g/mol. The van der Waals surface area contributed by atoms with Gasteiger partial charge in [0.05, 0.1) is 11.4 Å². The van der Waals surface area contributed by atoms with Crippen LogP contribution in [-0.2, 0) is 0 Å². The Morgan fingerprint density at radius 2 is 1.02 bits per heavy atom. The maximum absolute atomic E-state index is 6.43. The summed E-state index contributed by atoms with van der Waals surface area (Å²) in [6.45, 7) is 2.12. The molecule has 6 aromatic carbocycles.